The molecule has 4 heteroatoms. The molecule has 0 fully saturated rings. The van der Waals surface area contributed by atoms with E-state index in [4.69, 9.17) is 4.74 Å². The third-order valence-corrected chi connectivity index (χ3v) is 3.76. The number of unbranched alkanes of at least 4 members (excludes halogenated alkanes) is 1. The van der Waals surface area contributed by atoms with Gasteiger partial charge in [-0.25, -0.2) is 0 Å². The summed E-state index contributed by atoms with van der Waals surface area (Å²) in [5, 5.41) is 2.77. The van der Waals surface area contributed by atoms with E-state index in [0.717, 1.165) is 19.3 Å². The molecule has 0 saturated carbocycles. The normalized spacial score (nSPS) is 10.6. The SMILES string of the molecule is CCCCc1ccc(C(=O)Nc2cc(OC(C)C)ccc2[C]=O)cc1. The Hall–Kier alpha value is -2.62. The van der Waals surface area contributed by atoms with E-state index in [1.54, 1.807) is 30.3 Å². The highest BCUT2D eigenvalue weighted by Crippen LogP contribution is 2.23. The van der Waals surface area contributed by atoms with E-state index >= 15 is 0 Å². The molecule has 2 aromatic carbocycles. The quantitative estimate of drug-likeness (QED) is 0.769. The maximum absolute atomic E-state index is 12.5. The van der Waals surface area contributed by atoms with Crippen LogP contribution in [0.2, 0.25) is 0 Å². The molecule has 2 aromatic rings. The first kappa shape index (κ1) is 18.7. The second-order valence-corrected chi connectivity index (χ2v) is 6.23. The van der Waals surface area contributed by atoms with Crippen LogP contribution >= 0.6 is 0 Å². The van der Waals surface area contributed by atoms with E-state index in [1.807, 2.05) is 32.3 Å². The number of ether oxygens (including phenoxy) is 1. The van der Waals surface area contributed by atoms with Gasteiger partial charge in [-0.05, 0) is 56.5 Å². The summed E-state index contributed by atoms with van der Waals surface area (Å²) in [6.07, 6.45) is 5.13. The molecule has 0 aromatic heterocycles. The minimum Gasteiger partial charge on any atom is -0.491 e. The van der Waals surface area contributed by atoms with Crippen LogP contribution in [0.5, 0.6) is 5.75 Å². The van der Waals surface area contributed by atoms with E-state index in [-0.39, 0.29) is 12.0 Å². The summed E-state index contributed by atoms with van der Waals surface area (Å²) in [7, 11) is 0. The molecule has 131 valence electrons. The molecule has 0 aliphatic rings. The van der Waals surface area contributed by atoms with Gasteiger partial charge in [-0.3, -0.25) is 9.59 Å². The number of hydrogen-bond acceptors (Lipinski definition) is 3. The Morgan fingerprint density at radius 1 is 1.16 bits per heavy atom. The second kappa shape index (κ2) is 9.02. The van der Waals surface area contributed by atoms with Crippen molar-refractivity contribution in [3.8, 4) is 5.75 Å². The second-order valence-electron chi connectivity index (χ2n) is 6.23. The predicted molar refractivity (Wildman–Crippen MR) is 100 cm³/mol. The molecule has 1 radical (unpaired) electrons. The zero-order chi connectivity index (χ0) is 18.2. The molecule has 0 bridgehead atoms. The average molecular weight is 338 g/mol. The lowest BCUT2D eigenvalue weighted by atomic mass is 10.1. The fraction of sp³-hybridized carbons (Fsp3) is 0.333. The Balaban J connectivity index is 2.14. The van der Waals surface area contributed by atoms with E-state index in [2.05, 4.69) is 12.2 Å². The molecule has 1 amide bonds. The van der Waals surface area contributed by atoms with Crippen LogP contribution in [0.1, 0.15) is 55.1 Å². The maximum Gasteiger partial charge on any atom is 0.255 e. The standard InChI is InChI=1S/C21H24NO3/c1-4-5-6-16-7-9-17(10-8-16)21(24)22-20-13-19(25-15(2)3)12-11-18(20)14-23/h7-13,15H,4-6H2,1-3H3,(H,22,24). The first-order valence-electron chi connectivity index (χ1n) is 8.62. The summed E-state index contributed by atoms with van der Waals surface area (Å²) in [4.78, 5) is 23.6. The minimum absolute atomic E-state index is 0.00489. The Bertz CT molecular complexity index is 720. The number of hydrogen-bond donors (Lipinski definition) is 1. The number of nitrogens with one attached hydrogen (secondary N) is 1. The van der Waals surface area contributed by atoms with Gasteiger partial charge in [0.25, 0.3) is 5.91 Å². The van der Waals surface area contributed by atoms with E-state index < -0.39 is 0 Å². The average Bonchev–Trinajstić information content (AvgIpc) is 2.60. The van der Waals surface area contributed by atoms with Gasteiger partial charge in [0.05, 0.1) is 11.8 Å². The van der Waals surface area contributed by atoms with Crippen molar-refractivity contribution >= 4 is 17.9 Å². The van der Waals surface area contributed by atoms with Crippen molar-refractivity contribution in [2.45, 2.75) is 46.1 Å². The summed E-state index contributed by atoms with van der Waals surface area (Å²) in [6, 6.07) is 12.5. The molecule has 0 saturated heterocycles. The van der Waals surface area contributed by atoms with Gasteiger partial charge in [0.15, 0.2) is 0 Å². The Kier molecular flexibility index (Phi) is 6.75. The molecule has 0 spiro atoms. The summed E-state index contributed by atoms with van der Waals surface area (Å²) in [5.74, 6) is 0.333. The lowest BCUT2D eigenvalue weighted by Crippen LogP contribution is -2.14. The molecule has 0 unspecified atom stereocenters. The number of aryl methyl sites for hydroxylation is 1. The van der Waals surface area contributed by atoms with Gasteiger partial charge in [-0.15, -0.1) is 0 Å². The summed E-state index contributed by atoms with van der Waals surface area (Å²) >= 11 is 0. The summed E-state index contributed by atoms with van der Waals surface area (Å²) in [6.45, 7) is 5.98. The van der Waals surface area contributed by atoms with E-state index in [1.165, 1.54) is 5.56 Å². The van der Waals surface area contributed by atoms with Crippen molar-refractivity contribution in [1.29, 1.82) is 0 Å². The van der Waals surface area contributed by atoms with Crippen LogP contribution in [0.4, 0.5) is 5.69 Å². The molecule has 0 heterocycles. The number of amides is 1. The Labute approximate surface area is 149 Å². The number of benzene rings is 2. The highest BCUT2D eigenvalue weighted by atomic mass is 16.5. The number of carbonyl (C=O) groups excluding carboxylic acids is 2. The van der Waals surface area contributed by atoms with Gasteiger partial charge in [0.1, 0.15) is 5.75 Å². The summed E-state index contributed by atoms with van der Waals surface area (Å²) < 4.78 is 5.61. The van der Waals surface area contributed by atoms with Crippen LogP contribution < -0.4 is 10.1 Å². The predicted octanol–water partition coefficient (Wildman–Crippen LogP) is 4.53. The minimum atomic E-state index is -0.264. The van der Waals surface area contributed by atoms with Gasteiger partial charge in [0, 0.05) is 17.2 Å². The molecular weight excluding hydrogens is 314 g/mol. The van der Waals surface area contributed by atoms with E-state index in [9.17, 15) is 9.59 Å². The van der Waals surface area contributed by atoms with Crippen molar-refractivity contribution in [2.24, 2.45) is 0 Å². The van der Waals surface area contributed by atoms with Crippen LogP contribution in [-0.2, 0) is 11.2 Å². The fourth-order valence-corrected chi connectivity index (χ4v) is 2.46. The Morgan fingerprint density at radius 3 is 2.48 bits per heavy atom. The zero-order valence-corrected chi connectivity index (χ0v) is 15.0. The monoisotopic (exact) mass is 338 g/mol. The van der Waals surface area contributed by atoms with Crippen molar-refractivity contribution < 1.29 is 14.3 Å². The smallest absolute Gasteiger partial charge is 0.255 e. The van der Waals surface area contributed by atoms with Crippen molar-refractivity contribution in [1.82, 2.24) is 0 Å². The topological polar surface area (TPSA) is 55.4 Å². The molecule has 25 heavy (non-hydrogen) atoms. The van der Waals surface area contributed by atoms with Crippen molar-refractivity contribution in [3.05, 3.63) is 59.2 Å². The molecule has 0 aliphatic carbocycles. The van der Waals surface area contributed by atoms with Crippen molar-refractivity contribution in [3.63, 3.8) is 0 Å². The molecule has 2 rings (SSSR count). The molecule has 4 nitrogen and oxygen atoms in total. The van der Waals surface area contributed by atoms with Gasteiger partial charge in [-0.1, -0.05) is 25.5 Å². The Morgan fingerprint density at radius 2 is 1.88 bits per heavy atom. The lowest BCUT2D eigenvalue weighted by Gasteiger charge is -2.13. The highest BCUT2D eigenvalue weighted by Gasteiger charge is 2.11. The largest absolute Gasteiger partial charge is 0.491 e. The molecule has 0 aliphatic heterocycles. The zero-order valence-electron chi connectivity index (χ0n) is 15.0. The van der Waals surface area contributed by atoms with E-state index in [0.29, 0.717) is 22.6 Å². The van der Waals surface area contributed by atoms with Crippen LogP contribution in [0.3, 0.4) is 0 Å². The van der Waals surface area contributed by atoms with Crippen LogP contribution in [0.15, 0.2) is 42.5 Å². The fourth-order valence-electron chi connectivity index (χ4n) is 2.46. The third kappa shape index (κ3) is 5.45. The van der Waals surface area contributed by atoms with Crippen molar-refractivity contribution in [2.75, 3.05) is 5.32 Å². The summed E-state index contributed by atoms with van der Waals surface area (Å²) in [5.41, 5.74) is 2.46. The molecule has 0 atom stereocenters. The molecule has 1 N–H and O–H groups in total. The maximum atomic E-state index is 12.5. The first-order valence-corrected chi connectivity index (χ1v) is 8.62. The number of anilines is 1. The van der Waals surface area contributed by atoms with Crippen LogP contribution in [-0.4, -0.2) is 18.3 Å². The van der Waals surface area contributed by atoms with Crippen LogP contribution in [0.25, 0.3) is 0 Å². The lowest BCUT2D eigenvalue weighted by molar-refractivity contribution is 0.102. The molecular formula is C21H24NO3. The third-order valence-electron chi connectivity index (χ3n) is 3.76. The van der Waals surface area contributed by atoms with Gasteiger partial charge >= 0.3 is 0 Å². The van der Waals surface area contributed by atoms with Gasteiger partial charge in [0.2, 0.25) is 6.29 Å². The number of carbonyl (C=O) groups is 1. The van der Waals surface area contributed by atoms with Gasteiger partial charge in [-0.2, -0.15) is 0 Å². The van der Waals surface area contributed by atoms with Gasteiger partial charge < -0.3 is 10.1 Å². The highest BCUT2D eigenvalue weighted by molar-refractivity contribution is 6.06. The number of rotatable bonds is 8. The van der Waals surface area contributed by atoms with Crippen LogP contribution in [0, 0.1) is 0 Å². The first-order chi connectivity index (χ1) is 12.0.